The lowest BCUT2D eigenvalue weighted by Crippen LogP contribution is -2.44. The fourth-order valence-corrected chi connectivity index (χ4v) is 3.94. The number of likely N-dealkylation sites (tertiary alicyclic amines) is 1. The van der Waals surface area contributed by atoms with Crippen molar-refractivity contribution in [2.75, 3.05) is 26.2 Å². The highest BCUT2D eigenvalue weighted by Crippen LogP contribution is 2.32. The summed E-state index contributed by atoms with van der Waals surface area (Å²) in [5.41, 5.74) is 1.04. The Morgan fingerprint density at radius 1 is 1.07 bits per heavy atom. The molecule has 0 spiro atoms. The second kappa shape index (κ2) is 12.7. The molecule has 2 rings (SSSR count). The van der Waals surface area contributed by atoms with Gasteiger partial charge in [-0.2, -0.15) is 0 Å². The zero-order valence-corrected chi connectivity index (χ0v) is 18.0. The second-order valence-corrected chi connectivity index (χ2v) is 8.39. The summed E-state index contributed by atoms with van der Waals surface area (Å²) in [5, 5.41) is 4.00. The van der Waals surface area contributed by atoms with E-state index >= 15 is 0 Å². The van der Waals surface area contributed by atoms with Crippen LogP contribution in [-0.4, -0.2) is 42.0 Å². The van der Waals surface area contributed by atoms with Crippen molar-refractivity contribution in [3.63, 3.8) is 0 Å². The fourth-order valence-electron chi connectivity index (χ4n) is 3.83. The summed E-state index contributed by atoms with van der Waals surface area (Å²) in [4.78, 5) is 6.34. The molecule has 0 bridgehead atoms. The summed E-state index contributed by atoms with van der Waals surface area (Å²) in [6, 6.07) is 3.81. The summed E-state index contributed by atoms with van der Waals surface area (Å²) in [6.45, 7) is 4.80. The van der Waals surface area contributed by atoms with E-state index in [4.69, 9.17) is 11.6 Å². The van der Waals surface area contributed by atoms with E-state index in [1.165, 1.54) is 44.9 Å². The molecule has 0 aromatic carbocycles. The third-order valence-corrected chi connectivity index (χ3v) is 5.87. The van der Waals surface area contributed by atoms with Gasteiger partial charge in [0.15, 0.2) is 0 Å². The third-order valence-electron chi connectivity index (χ3n) is 5.65. The van der Waals surface area contributed by atoms with E-state index in [9.17, 15) is 8.78 Å². The van der Waals surface area contributed by atoms with E-state index in [0.717, 1.165) is 25.1 Å². The van der Waals surface area contributed by atoms with Crippen LogP contribution in [0.25, 0.3) is 0 Å². The van der Waals surface area contributed by atoms with Gasteiger partial charge < -0.3 is 5.32 Å². The molecule has 1 saturated heterocycles. The van der Waals surface area contributed by atoms with E-state index in [-0.39, 0.29) is 18.9 Å². The number of piperidine rings is 1. The van der Waals surface area contributed by atoms with Crippen LogP contribution < -0.4 is 5.32 Å². The Morgan fingerprint density at radius 3 is 2.32 bits per heavy atom. The van der Waals surface area contributed by atoms with E-state index in [1.54, 1.807) is 12.3 Å². The van der Waals surface area contributed by atoms with E-state index in [1.807, 2.05) is 6.07 Å². The monoisotopic (exact) mass is 415 g/mol. The number of nitrogens with zero attached hydrogens (tertiary/aromatic N) is 2. The smallest absolute Gasteiger partial charge is 0.250 e. The molecule has 1 fully saturated rings. The number of rotatable bonds is 13. The molecule has 0 aliphatic carbocycles. The predicted molar refractivity (Wildman–Crippen MR) is 113 cm³/mol. The van der Waals surface area contributed by atoms with Gasteiger partial charge in [-0.05, 0) is 24.6 Å². The molecule has 0 saturated carbocycles. The zero-order chi connectivity index (χ0) is 20.2. The highest BCUT2D eigenvalue weighted by molar-refractivity contribution is 6.29. The molecule has 0 amide bonds. The SMILES string of the molecule is CCCCCCCCCCNCC(c1ccc(Cl)nc1)N1CCC(F)(F)CC1. The van der Waals surface area contributed by atoms with Gasteiger partial charge in [0.25, 0.3) is 5.92 Å². The second-order valence-electron chi connectivity index (χ2n) is 8.00. The van der Waals surface area contributed by atoms with Crippen molar-refractivity contribution < 1.29 is 8.78 Å². The molecule has 3 nitrogen and oxygen atoms in total. The number of aromatic nitrogens is 1. The maximum atomic E-state index is 13.5. The van der Waals surface area contributed by atoms with Gasteiger partial charge >= 0.3 is 0 Å². The van der Waals surface area contributed by atoms with Gasteiger partial charge in [0, 0.05) is 44.7 Å². The van der Waals surface area contributed by atoms with Gasteiger partial charge in [-0.3, -0.25) is 4.90 Å². The molecule has 1 aromatic heterocycles. The molecular formula is C22H36ClF2N3. The van der Waals surface area contributed by atoms with Crippen LogP contribution in [0.2, 0.25) is 5.15 Å². The first-order valence-electron chi connectivity index (χ1n) is 11.0. The molecule has 28 heavy (non-hydrogen) atoms. The molecule has 6 heteroatoms. The number of hydrogen-bond acceptors (Lipinski definition) is 3. The van der Waals surface area contributed by atoms with Crippen LogP contribution in [0.3, 0.4) is 0 Å². The Labute approximate surface area is 174 Å². The minimum Gasteiger partial charge on any atom is -0.315 e. The molecule has 160 valence electrons. The van der Waals surface area contributed by atoms with Crippen molar-refractivity contribution in [1.82, 2.24) is 15.2 Å². The summed E-state index contributed by atoms with van der Waals surface area (Å²) >= 11 is 5.92. The molecule has 1 aliphatic rings. The summed E-state index contributed by atoms with van der Waals surface area (Å²) < 4.78 is 27.1. The summed E-state index contributed by atoms with van der Waals surface area (Å²) in [7, 11) is 0. The molecule has 1 aliphatic heterocycles. The van der Waals surface area contributed by atoms with Crippen LogP contribution in [0, 0.1) is 0 Å². The van der Waals surface area contributed by atoms with Crippen molar-refractivity contribution in [2.24, 2.45) is 0 Å². The van der Waals surface area contributed by atoms with Crippen molar-refractivity contribution in [1.29, 1.82) is 0 Å². The predicted octanol–water partition coefficient (Wildman–Crippen LogP) is 6.24. The van der Waals surface area contributed by atoms with Crippen LogP contribution in [0.1, 0.15) is 82.7 Å². The average molecular weight is 416 g/mol. The molecule has 1 atom stereocenters. The number of nitrogens with one attached hydrogen (secondary N) is 1. The van der Waals surface area contributed by atoms with Crippen LogP contribution >= 0.6 is 11.6 Å². The van der Waals surface area contributed by atoms with Gasteiger partial charge in [0.2, 0.25) is 0 Å². The Kier molecular flexibility index (Phi) is 10.7. The largest absolute Gasteiger partial charge is 0.315 e. The Morgan fingerprint density at radius 2 is 1.71 bits per heavy atom. The minimum atomic E-state index is -2.52. The van der Waals surface area contributed by atoms with Crippen LogP contribution in [0.5, 0.6) is 0 Å². The zero-order valence-electron chi connectivity index (χ0n) is 17.2. The van der Waals surface area contributed by atoms with Gasteiger partial charge in [-0.25, -0.2) is 13.8 Å². The number of unbranched alkanes of at least 4 members (excludes halogenated alkanes) is 7. The summed E-state index contributed by atoms with van der Waals surface area (Å²) in [5.74, 6) is -2.52. The number of halogens is 3. The topological polar surface area (TPSA) is 28.2 Å². The van der Waals surface area contributed by atoms with Gasteiger partial charge in [0.05, 0.1) is 0 Å². The third kappa shape index (κ3) is 8.71. The van der Waals surface area contributed by atoms with E-state index in [2.05, 4.69) is 22.1 Å². The molecule has 1 aromatic rings. The van der Waals surface area contributed by atoms with Gasteiger partial charge in [-0.15, -0.1) is 0 Å². The van der Waals surface area contributed by atoms with Crippen LogP contribution in [0.4, 0.5) is 8.78 Å². The summed E-state index contributed by atoms with van der Waals surface area (Å²) in [6.07, 6.45) is 12.1. The van der Waals surface area contributed by atoms with E-state index < -0.39 is 5.92 Å². The molecule has 0 radical (unpaired) electrons. The van der Waals surface area contributed by atoms with Gasteiger partial charge in [0.1, 0.15) is 5.15 Å². The van der Waals surface area contributed by atoms with E-state index in [0.29, 0.717) is 18.2 Å². The molecule has 1 unspecified atom stereocenters. The van der Waals surface area contributed by atoms with Crippen molar-refractivity contribution in [3.05, 3.63) is 29.0 Å². The van der Waals surface area contributed by atoms with Crippen LogP contribution in [0.15, 0.2) is 18.3 Å². The Balaban J connectivity index is 1.73. The quantitative estimate of drug-likeness (QED) is 0.305. The highest BCUT2D eigenvalue weighted by Gasteiger charge is 2.36. The molecular weight excluding hydrogens is 380 g/mol. The number of pyridine rings is 1. The first-order chi connectivity index (χ1) is 13.5. The maximum Gasteiger partial charge on any atom is 0.250 e. The Hall–Kier alpha value is -0.780. The van der Waals surface area contributed by atoms with Gasteiger partial charge in [-0.1, -0.05) is 69.5 Å². The van der Waals surface area contributed by atoms with Crippen molar-refractivity contribution in [2.45, 2.75) is 83.1 Å². The number of alkyl halides is 2. The molecule has 2 heterocycles. The lowest BCUT2D eigenvalue weighted by molar-refractivity contribution is -0.0633. The Bertz CT molecular complexity index is 529. The molecule has 1 N–H and O–H groups in total. The first kappa shape index (κ1) is 23.5. The highest BCUT2D eigenvalue weighted by atomic mass is 35.5. The number of hydrogen-bond donors (Lipinski definition) is 1. The lowest BCUT2D eigenvalue weighted by atomic mass is 10.0. The minimum absolute atomic E-state index is 0.0647. The maximum absolute atomic E-state index is 13.5. The average Bonchev–Trinajstić information content (AvgIpc) is 2.68. The lowest BCUT2D eigenvalue weighted by Gasteiger charge is -2.37. The fraction of sp³-hybridized carbons (Fsp3) is 0.773. The standard InChI is InChI=1S/C22H36ClF2N3/c1-2-3-4-5-6-7-8-9-14-26-18-20(19-10-11-21(23)27-17-19)28-15-12-22(24,25)13-16-28/h10-11,17,20,26H,2-9,12-16,18H2,1H3. The first-order valence-corrected chi connectivity index (χ1v) is 11.3. The normalized spacial score (nSPS) is 18.3. The van der Waals surface area contributed by atoms with Crippen molar-refractivity contribution in [3.8, 4) is 0 Å². The van der Waals surface area contributed by atoms with Crippen LogP contribution in [-0.2, 0) is 0 Å². The van der Waals surface area contributed by atoms with Crippen molar-refractivity contribution >= 4 is 11.6 Å².